The molecule has 0 unspecified atom stereocenters. The van der Waals surface area contributed by atoms with Crippen LogP contribution in [0.2, 0.25) is 0 Å². The molecule has 0 saturated heterocycles. The molecule has 0 saturated carbocycles. The molecule has 1 aliphatic carbocycles. The Morgan fingerprint density at radius 2 is 1.48 bits per heavy atom. The Kier molecular flexibility index (Phi) is 5.14. The molecule has 0 nitrogen and oxygen atoms in total. The number of rotatable bonds is 6. The van der Waals surface area contributed by atoms with Crippen molar-refractivity contribution in [3.63, 3.8) is 0 Å². The Morgan fingerprint density at radius 3 is 1.96 bits per heavy atom. The van der Waals surface area contributed by atoms with Gasteiger partial charge in [0, 0.05) is 5.41 Å². The molecule has 0 fully saturated rings. The maximum absolute atomic E-state index is 4.22. The third kappa shape index (κ3) is 3.28. The Balaban J connectivity index is 2.60. The first-order valence-electron chi connectivity index (χ1n) is 9.51. The van der Waals surface area contributed by atoms with Crippen LogP contribution < -0.4 is 0 Å². The van der Waals surface area contributed by atoms with Crippen LogP contribution in [-0.4, -0.2) is 0 Å². The number of allylic oxidation sites excluding steroid dienone is 1. The summed E-state index contributed by atoms with van der Waals surface area (Å²) >= 11 is 0. The molecule has 0 radical (unpaired) electrons. The second-order valence-electron chi connectivity index (χ2n) is 8.89. The van der Waals surface area contributed by atoms with Crippen LogP contribution in [0.4, 0.5) is 0 Å². The highest BCUT2D eigenvalue weighted by molar-refractivity contribution is 5.46. The lowest BCUT2D eigenvalue weighted by molar-refractivity contribution is 0.330. The summed E-state index contributed by atoms with van der Waals surface area (Å²) in [6.07, 6.45) is 9.60. The van der Waals surface area contributed by atoms with Gasteiger partial charge >= 0.3 is 0 Å². The molecule has 0 N–H and O–H groups in total. The van der Waals surface area contributed by atoms with Crippen LogP contribution in [0.25, 0.3) is 0 Å². The average molecular weight is 313 g/mol. The predicted molar refractivity (Wildman–Crippen MR) is 103 cm³/mol. The van der Waals surface area contributed by atoms with E-state index in [1.54, 1.807) is 11.1 Å². The van der Waals surface area contributed by atoms with E-state index in [2.05, 4.69) is 72.4 Å². The normalized spacial score (nSPS) is 19.2. The van der Waals surface area contributed by atoms with E-state index in [0.29, 0.717) is 5.41 Å². The fourth-order valence-corrected chi connectivity index (χ4v) is 4.53. The Labute approximate surface area is 144 Å². The molecule has 0 amide bonds. The summed E-state index contributed by atoms with van der Waals surface area (Å²) in [5, 5.41) is 0. The number of hydrogen-bond donors (Lipinski definition) is 0. The van der Waals surface area contributed by atoms with E-state index in [4.69, 9.17) is 0 Å². The fourth-order valence-electron chi connectivity index (χ4n) is 4.53. The van der Waals surface area contributed by atoms with Crippen molar-refractivity contribution in [1.82, 2.24) is 0 Å². The zero-order valence-corrected chi connectivity index (χ0v) is 16.3. The lowest BCUT2D eigenvalue weighted by Crippen LogP contribution is -2.34. The second-order valence-corrected chi connectivity index (χ2v) is 8.89. The van der Waals surface area contributed by atoms with E-state index in [0.717, 1.165) is 0 Å². The Bertz CT molecular complexity index is 553. The largest absolute Gasteiger partial charge is 0.102 e. The van der Waals surface area contributed by atoms with Crippen LogP contribution in [0.1, 0.15) is 96.8 Å². The van der Waals surface area contributed by atoms with E-state index in [9.17, 15) is 0 Å². The molecule has 0 aromatic heterocycles. The molecule has 0 atom stereocenters. The molecule has 1 aliphatic rings. The van der Waals surface area contributed by atoms with E-state index in [1.807, 2.05) is 0 Å². The molecular formula is C23H36. The van der Waals surface area contributed by atoms with Gasteiger partial charge in [0.05, 0.1) is 0 Å². The Hall–Kier alpha value is -1.04. The topological polar surface area (TPSA) is 0 Å². The molecule has 0 bridgehead atoms. The van der Waals surface area contributed by atoms with E-state index < -0.39 is 0 Å². The zero-order chi connectivity index (χ0) is 17.3. The summed E-state index contributed by atoms with van der Waals surface area (Å²) < 4.78 is 0. The Morgan fingerprint density at radius 1 is 0.957 bits per heavy atom. The van der Waals surface area contributed by atoms with Crippen molar-refractivity contribution in [2.45, 2.75) is 96.3 Å². The summed E-state index contributed by atoms with van der Waals surface area (Å²) in [5.74, 6) is 0. The van der Waals surface area contributed by atoms with E-state index in [1.165, 1.54) is 44.1 Å². The fraction of sp³-hybridized carbons (Fsp3) is 0.652. The quantitative estimate of drug-likeness (QED) is 0.493. The van der Waals surface area contributed by atoms with Gasteiger partial charge in [0.2, 0.25) is 0 Å². The number of hydrogen-bond acceptors (Lipinski definition) is 0. The first-order valence-corrected chi connectivity index (χ1v) is 9.51. The SMILES string of the molecule is C=CC(CCC)(CCC)c1ccc2c(c1)C(C)(C)CCC2(C)C. The molecule has 0 aliphatic heterocycles. The van der Waals surface area contributed by atoms with Gasteiger partial charge in [-0.05, 0) is 53.2 Å². The highest BCUT2D eigenvalue weighted by Crippen LogP contribution is 2.47. The number of benzene rings is 1. The van der Waals surface area contributed by atoms with Crippen LogP contribution >= 0.6 is 0 Å². The first-order chi connectivity index (χ1) is 10.7. The van der Waals surface area contributed by atoms with Gasteiger partial charge in [0.1, 0.15) is 0 Å². The first kappa shape index (κ1) is 18.3. The van der Waals surface area contributed by atoms with Gasteiger partial charge in [-0.1, -0.05) is 78.7 Å². The predicted octanol–water partition coefficient (Wildman–Crippen LogP) is 7.06. The van der Waals surface area contributed by atoms with Crippen molar-refractivity contribution in [2.75, 3.05) is 0 Å². The lowest BCUT2D eigenvalue weighted by Gasteiger charge is -2.43. The molecule has 2 rings (SSSR count). The summed E-state index contributed by atoms with van der Waals surface area (Å²) in [6, 6.07) is 7.35. The minimum atomic E-state index is 0.149. The van der Waals surface area contributed by atoms with Gasteiger partial charge in [-0.25, -0.2) is 0 Å². The van der Waals surface area contributed by atoms with Crippen molar-refractivity contribution in [3.8, 4) is 0 Å². The molecule has 1 aromatic rings. The molecule has 0 heterocycles. The molecular weight excluding hydrogens is 276 g/mol. The van der Waals surface area contributed by atoms with Crippen molar-refractivity contribution in [3.05, 3.63) is 47.5 Å². The van der Waals surface area contributed by atoms with Crippen LogP contribution in [0, 0.1) is 0 Å². The van der Waals surface area contributed by atoms with Crippen LogP contribution in [-0.2, 0) is 16.2 Å². The molecule has 1 aromatic carbocycles. The zero-order valence-electron chi connectivity index (χ0n) is 16.3. The highest BCUT2D eigenvalue weighted by Gasteiger charge is 2.38. The lowest BCUT2D eigenvalue weighted by atomic mass is 9.61. The van der Waals surface area contributed by atoms with E-state index in [-0.39, 0.29) is 10.8 Å². The average Bonchev–Trinajstić information content (AvgIpc) is 2.51. The van der Waals surface area contributed by atoms with Crippen molar-refractivity contribution < 1.29 is 0 Å². The molecule has 128 valence electrons. The van der Waals surface area contributed by atoms with Crippen LogP contribution in [0.15, 0.2) is 30.9 Å². The van der Waals surface area contributed by atoms with Crippen molar-refractivity contribution >= 4 is 0 Å². The van der Waals surface area contributed by atoms with Crippen molar-refractivity contribution in [2.24, 2.45) is 0 Å². The summed E-state index contributed by atoms with van der Waals surface area (Å²) in [6.45, 7) is 18.4. The minimum absolute atomic E-state index is 0.149. The van der Waals surface area contributed by atoms with Gasteiger partial charge < -0.3 is 0 Å². The second kappa shape index (κ2) is 6.46. The third-order valence-electron chi connectivity index (χ3n) is 6.21. The monoisotopic (exact) mass is 312 g/mol. The third-order valence-corrected chi connectivity index (χ3v) is 6.21. The minimum Gasteiger partial charge on any atom is -0.102 e. The number of fused-ring (bicyclic) bond motifs is 1. The molecule has 23 heavy (non-hydrogen) atoms. The smallest absolute Gasteiger partial charge is 0.0129 e. The molecule has 0 spiro atoms. The standard InChI is InChI=1S/C23H36/c1-8-13-23(10-3,14-9-2)18-11-12-19-20(17-18)22(6,7)16-15-21(19,4)5/h10-12,17H,3,8-9,13-16H2,1-2,4-7H3. The van der Waals surface area contributed by atoms with Gasteiger partial charge in [-0.15, -0.1) is 6.58 Å². The van der Waals surface area contributed by atoms with E-state index >= 15 is 0 Å². The highest BCUT2D eigenvalue weighted by atomic mass is 14.4. The maximum atomic E-state index is 4.22. The van der Waals surface area contributed by atoms with Crippen molar-refractivity contribution in [1.29, 1.82) is 0 Å². The molecule has 0 heteroatoms. The maximum Gasteiger partial charge on any atom is 0.0129 e. The van der Waals surface area contributed by atoms with Gasteiger partial charge in [0.25, 0.3) is 0 Å². The van der Waals surface area contributed by atoms with Gasteiger partial charge in [-0.2, -0.15) is 0 Å². The van der Waals surface area contributed by atoms with Gasteiger partial charge in [0.15, 0.2) is 0 Å². The summed E-state index contributed by atoms with van der Waals surface area (Å²) in [5.41, 5.74) is 5.35. The van der Waals surface area contributed by atoms with Gasteiger partial charge in [-0.3, -0.25) is 0 Å². The van der Waals surface area contributed by atoms with Crippen LogP contribution in [0.5, 0.6) is 0 Å². The van der Waals surface area contributed by atoms with Crippen LogP contribution in [0.3, 0.4) is 0 Å². The summed E-state index contributed by atoms with van der Waals surface area (Å²) in [7, 11) is 0. The summed E-state index contributed by atoms with van der Waals surface area (Å²) in [4.78, 5) is 0.